The number of hydrogen-bond acceptors (Lipinski definition) is 5. The maximum atomic E-state index is 5.92. The first-order valence-corrected chi connectivity index (χ1v) is 14.4. The van der Waals surface area contributed by atoms with Crippen LogP contribution in [0.4, 0.5) is 0 Å². The molecule has 0 aromatic carbocycles. The van der Waals surface area contributed by atoms with Crippen molar-refractivity contribution in [2.45, 2.75) is 117 Å². The minimum absolute atomic E-state index is 0.624. The minimum atomic E-state index is -2.55. The fraction of sp³-hybridized carbons (Fsp3) is 0.913. The summed E-state index contributed by atoms with van der Waals surface area (Å²) >= 11 is 0. The lowest BCUT2D eigenvalue weighted by molar-refractivity contribution is 0.0704. The highest BCUT2D eigenvalue weighted by Gasteiger charge is 2.39. The molecule has 1 aromatic rings. The molecule has 1 aromatic heterocycles. The maximum Gasteiger partial charge on any atom is 0.500 e. The Morgan fingerprint density at radius 1 is 0.733 bits per heavy atom. The fourth-order valence-corrected chi connectivity index (χ4v) is 6.41. The Morgan fingerprint density at radius 3 is 1.80 bits per heavy atom. The zero-order chi connectivity index (χ0) is 21.9. The van der Waals surface area contributed by atoms with Gasteiger partial charge in [-0.1, -0.05) is 69.9 Å². The summed E-state index contributed by atoms with van der Waals surface area (Å²) in [6, 6.07) is 0.816. The van der Waals surface area contributed by atoms with E-state index in [0.717, 1.165) is 31.1 Å². The van der Waals surface area contributed by atoms with Gasteiger partial charge in [-0.3, -0.25) is 4.68 Å². The highest BCUT2D eigenvalue weighted by molar-refractivity contribution is 6.60. The molecule has 0 unspecified atom stereocenters. The summed E-state index contributed by atoms with van der Waals surface area (Å²) in [5.74, 6) is 0. The Labute approximate surface area is 186 Å². The van der Waals surface area contributed by atoms with Crippen molar-refractivity contribution in [3.05, 3.63) is 11.9 Å². The zero-order valence-corrected chi connectivity index (χ0v) is 21.2. The molecule has 0 aliphatic heterocycles. The Kier molecular flexibility index (Phi) is 16.2. The lowest BCUT2D eigenvalue weighted by Gasteiger charge is -2.28. The van der Waals surface area contributed by atoms with Crippen molar-refractivity contribution >= 4 is 8.80 Å². The van der Waals surface area contributed by atoms with E-state index in [1.54, 1.807) is 0 Å². The van der Waals surface area contributed by atoms with Gasteiger partial charge in [-0.15, -0.1) is 5.10 Å². The van der Waals surface area contributed by atoms with Crippen LogP contribution in [-0.4, -0.2) is 43.6 Å². The molecule has 0 saturated carbocycles. The summed E-state index contributed by atoms with van der Waals surface area (Å²) in [5.41, 5.74) is 1.11. The molecule has 0 radical (unpaired) electrons. The normalized spacial score (nSPS) is 12.0. The predicted molar refractivity (Wildman–Crippen MR) is 126 cm³/mol. The van der Waals surface area contributed by atoms with Crippen LogP contribution >= 0.6 is 0 Å². The second-order valence-corrected chi connectivity index (χ2v) is 10.7. The van der Waals surface area contributed by atoms with Crippen LogP contribution in [0.15, 0.2) is 6.20 Å². The second kappa shape index (κ2) is 17.9. The average Bonchev–Trinajstić information content (AvgIpc) is 3.17. The fourth-order valence-electron chi connectivity index (χ4n) is 3.81. The van der Waals surface area contributed by atoms with Crippen LogP contribution in [0.3, 0.4) is 0 Å². The van der Waals surface area contributed by atoms with Gasteiger partial charge in [0.25, 0.3) is 0 Å². The van der Waals surface area contributed by atoms with Crippen LogP contribution in [0, 0.1) is 0 Å². The third-order valence-corrected chi connectivity index (χ3v) is 8.49. The first-order chi connectivity index (χ1) is 14.7. The highest BCUT2D eigenvalue weighted by atomic mass is 28.4. The van der Waals surface area contributed by atoms with Crippen LogP contribution in [0.1, 0.15) is 104 Å². The Balaban J connectivity index is 2.19. The smallest absolute Gasteiger partial charge is 0.374 e. The zero-order valence-electron chi connectivity index (χ0n) is 20.2. The third kappa shape index (κ3) is 12.2. The highest BCUT2D eigenvalue weighted by Crippen LogP contribution is 2.19. The van der Waals surface area contributed by atoms with Crippen LogP contribution in [-0.2, 0) is 26.2 Å². The van der Waals surface area contributed by atoms with Crippen LogP contribution in [0.25, 0.3) is 0 Å². The van der Waals surface area contributed by atoms with Crippen molar-refractivity contribution in [2.24, 2.45) is 0 Å². The summed E-state index contributed by atoms with van der Waals surface area (Å²) in [6.07, 6.45) is 17.7. The lowest BCUT2D eigenvalue weighted by Crippen LogP contribution is -2.46. The largest absolute Gasteiger partial charge is 0.500 e. The van der Waals surface area contributed by atoms with E-state index in [2.05, 4.69) is 23.4 Å². The van der Waals surface area contributed by atoms with Crippen LogP contribution < -0.4 is 0 Å². The van der Waals surface area contributed by atoms with Crippen molar-refractivity contribution < 1.29 is 13.3 Å². The van der Waals surface area contributed by atoms with Crippen molar-refractivity contribution in [1.82, 2.24) is 15.0 Å². The number of aromatic nitrogens is 3. The standard InChI is InChI=1S/C23H47N3O3Si/c1-5-9-10-11-12-13-14-15-16-17-19-23-22-26(25-24-23)20-18-21-30(27-6-2,28-7-3)29-8-4/h22H,5-21H2,1-4H3. The topological polar surface area (TPSA) is 58.4 Å². The van der Waals surface area contributed by atoms with Gasteiger partial charge in [0.15, 0.2) is 0 Å². The van der Waals surface area contributed by atoms with E-state index in [9.17, 15) is 0 Å². The predicted octanol–water partition coefficient (Wildman–Crippen LogP) is 6.18. The molecule has 0 N–H and O–H groups in total. The summed E-state index contributed by atoms with van der Waals surface area (Å²) < 4.78 is 19.7. The molecule has 0 fully saturated rings. The second-order valence-electron chi connectivity index (χ2n) is 7.99. The van der Waals surface area contributed by atoms with Crippen LogP contribution in [0.2, 0.25) is 6.04 Å². The van der Waals surface area contributed by atoms with Crippen molar-refractivity contribution in [1.29, 1.82) is 0 Å². The molecule has 1 heterocycles. The van der Waals surface area contributed by atoms with Gasteiger partial charge in [0.05, 0.1) is 5.69 Å². The number of rotatable bonds is 21. The van der Waals surface area contributed by atoms with Crippen LogP contribution in [0.5, 0.6) is 0 Å². The van der Waals surface area contributed by atoms with E-state index >= 15 is 0 Å². The molecule has 6 nitrogen and oxygen atoms in total. The van der Waals surface area contributed by atoms with Gasteiger partial charge >= 0.3 is 8.80 Å². The number of hydrogen-bond donors (Lipinski definition) is 0. The van der Waals surface area contributed by atoms with Gasteiger partial charge in [0.1, 0.15) is 0 Å². The number of unbranched alkanes of at least 4 members (excludes halogenated alkanes) is 9. The monoisotopic (exact) mass is 441 g/mol. The molecule has 7 heteroatoms. The lowest BCUT2D eigenvalue weighted by atomic mass is 10.1. The van der Waals surface area contributed by atoms with E-state index < -0.39 is 8.80 Å². The van der Waals surface area contributed by atoms with Crippen molar-refractivity contribution in [3.8, 4) is 0 Å². The molecule has 0 atom stereocenters. The number of nitrogens with zero attached hydrogens (tertiary/aromatic N) is 3. The van der Waals surface area contributed by atoms with Crippen molar-refractivity contribution in [3.63, 3.8) is 0 Å². The van der Waals surface area contributed by atoms with E-state index in [0.29, 0.717) is 19.8 Å². The van der Waals surface area contributed by atoms with E-state index in [-0.39, 0.29) is 0 Å². The molecule has 0 aliphatic rings. The van der Waals surface area contributed by atoms with Gasteiger partial charge in [-0.05, 0) is 40.0 Å². The van der Waals surface area contributed by atoms with Gasteiger partial charge in [0, 0.05) is 38.6 Å². The first-order valence-electron chi connectivity index (χ1n) is 12.5. The Morgan fingerprint density at radius 2 is 1.27 bits per heavy atom. The van der Waals surface area contributed by atoms with E-state index in [1.165, 1.54) is 64.2 Å². The molecule has 0 spiro atoms. The molecule has 0 aliphatic carbocycles. The molecule has 176 valence electrons. The van der Waals surface area contributed by atoms with E-state index in [4.69, 9.17) is 13.3 Å². The molecule has 30 heavy (non-hydrogen) atoms. The molecular weight excluding hydrogens is 394 g/mol. The first kappa shape index (κ1) is 27.3. The van der Waals surface area contributed by atoms with E-state index in [1.807, 2.05) is 25.5 Å². The quantitative estimate of drug-likeness (QED) is 0.168. The van der Waals surface area contributed by atoms with Crippen molar-refractivity contribution in [2.75, 3.05) is 19.8 Å². The summed E-state index contributed by atoms with van der Waals surface area (Å²) in [5, 5.41) is 8.64. The van der Waals surface area contributed by atoms with Gasteiger partial charge in [-0.2, -0.15) is 0 Å². The SMILES string of the molecule is CCCCCCCCCCCCc1cn(CCC[Si](OCC)(OCC)OCC)nn1. The molecular formula is C23H47N3O3Si. The summed E-state index contributed by atoms with van der Waals surface area (Å²) in [4.78, 5) is 0. The van der Waals surface area contributed by atoms with Gasteiger partial charge in [0.2, 0.25) is 0 Å². The summed E-state index contributed by atoms with van der Waals surface area (Å²) in [6.45, 7) is 11.0. The Bertz CT molecular complexity index is 497. The molecule has 0 bridgehead atoms. The summed E-state index contributed by atoms with van der Waals surface area (Å²) in [7, 11) is -2.55. The Hall–Kier alpha value is -0.763. The molecule has 1 rings (SSSR count). The molecule has 0 saturated heterocycles. The maximum absolute atomic E-state index is 5.92. The minimum Gasteiger partial charge on any atom is -0.374 e. The third-order valence-electron chi connectivity index (χ3n) is 5.34. The van der Waals surface area contributed by atoms with Gasteiger partial charge in [-0.25, -0.2) is 0 Å². The average molecular weight is 442 g/mol. The van der Waals surface area contributed by atoms with Gasteiger partial charge < -0.3 is 13.3 Å². The molecule has 0 amide bonds. The number of aryl methyl sites for hydroxylation is 2.